The van der Waals surface area contributed by atoms with Crippen LogP contribution in [-0.4, -0.2) is 23.0 Å². The Labute approximate surface area is 242 Å². The maximum absolute atomic E-state index is 15.1. The molecule has 1 N–H and O–H groups in total. The van der Waals surface area contributed by atoms with Crippen molar-refractivity contribution in [2.45, 2.75) is 77.0 Å². The lowest BCUT2D eigenvalue weighted by molar-refractivity contribution is -0.137. The normalized spacial score (nSPS) is 19.0. The topological polar surface area (TPSA) is 63.6 Å². The number of halogens is 4. The van der Waals surface area contributed by atoms with Gasteiger partial charge in [-0.2, -0.15) is 13.2 Å². The summed E-state index contributed by atoms with van der Waals surface area (Å²) in [7, 11) is 0. The molecule has 2 aliphatic rings. The van der Waals surface area contributed by atoms with Crippen LogP contribution in [-0.2, 0) is 11.4 Å². The maximum Gasteiger partial charge on any atom is 0.454 e. The van der Waals surface area contributed by atoms with Crippen LogP contribution in [0.1, 0.15) is 91.3 Å². The minimum atomic E-state index is -5.06. The molecule has 0 bridgehead atoms. The van der Waals surface area contributed by atoms with Gasteiger partial charge in [-0.05, 0) is 101 Å². The van der Waals surface area contributed by atoms with E-state index in [9.17, 15) is 27.9 Å². The van der Waals surface area contributed by atoms with Crippen molar-refractivity contribution in [3.8, 4) is 16.9 Å². The van der Waals surface area contributed by atoms with Gasteiger partial charge in [-0.25, -0.2) is 4.39 Å². The van der Waals surface area contributed by atoms with Gasteiger partial charge in [0.05, 0.1) is 6.42 Å². The molecule has 3 aromatic rings. The minimum Gasteiger partial charge on any atom is -0.489 e. The quantitative estimate of drug-likeness (QED) is 0.191. The first-order valence-electron chi connectivity index (χ1n) is 14.3. The summed E-state index contributed by atoms with van der Waals surface area (Å²) in [5.41, 5.74) is 2.29. The van der Waals surface area contributed by atoms with E-state index in [-0.39, 0.29) is 35.8 Å². The third kappa shape index (κ3) is 6.53. The third-order valence-corrected chi connectivity index (χ3v) is 8.80. The van der Waals surface area contributed by atoms with Crippen LogP contribution >= 0.6 is 0 Å². The number of aliphatic carboxylic acids is 1. The van der Waals surface area contributed by atoms with E-state index in [0.29, 0.717) is 17.2 Å². The molecule has 4 nitrogen and oxygen atoms in total. The molecule has 0 unspecified atom stereocenters. The highest BCUT2D eigenvalue weighted by Crippen LogP contribution is 2.51. The van der Waals surface area contributed by atoms with Crippen molar-refractivity contribution < 1.29 is 37.0 Å². The monoisotopic (exact) mass is 582 g/mol. The Bertz CT molecular complexity index is 1490. The summed E-state index contributed by atoms with van der Waals surface area (Å²) in [6.45, 7) is 4.47. The molecule has 222 valence electrons. The fourth-order valence-electron chi connectivity index (χ4n) is 6.42. The molecular weight excluding hydrogens is 548 g/mol. The Morgan fingerprint density at radius 3 is 2.40 bits per heavy atom. The Balaban J connectivity index is 1.46. The number of carbonyl (C=O) groups is 2. The Morgan fingerprint density at radius 1 is 1.00 bits per heavy atom. The summed E-state index contributed by atoms with van der Waals surface area (Å²) < 4.78 is 60.7. The molecule has 8 heteroatoms. The van der Waals surface area contributed by atoms with Gasteiger partial charge in [0.1, 0.15) is 18.2 Å². The van der Waals surface area contributed by atoms with Crippen LogP contribution in [0.3, 0.4) is 0 Å². The summed E-state index contributed by atoms with van der Waals surface area (Å²) in [6.07, 6.45) is -0.177. The lowest BCUT2D eigenvalue weighted by Crippen LogP contribution is -2.22. The smallest absolute Gasteiger partial charge is 0.454 e. The van der Waals surface area contributed by atoms with Gasteiger partial charge < -0.3 is 9.84 Å². The summed E-state index contributed by atoms with van der Waals surface area (Å²) in [4.78, 5) is 23.4. The number of alkyl halides is 3. The molecule has 2 aliphatic carbocycles. The third-order valence-electron chi connectivity index (χ3n) is 8.80. The van der Waals surface area contributed by atoms with Crippen LogP contribution in [0.2, 0.25) is 0 Å². The number of hydrogen-bond donors (Lipinski definition) is 1. The van der Waals surface area contributed by atoms with E-state index in [4.69, 9.17) is 4.74 Å². The molecule has 0 saturated heterocycles. The van der Waals surface area contributed by atoms with E-state index in [1.807, 2.05) is 30.3 Å². The van der Waals surface area contributed by atoms with Crippen molar-refractivity contribution in [1.82, 2.24) is 0 Å². The van der Waals surface area contributed by atoms with Crippen molar-refractivity contribution in [2.24, 2.45) is 11.3 Å². The second kappa shape index (κ2) is 11.5. The number of rotatable bonds is 10. The number of Topliss-reactive ketones (excluding diaryl/α,β-unsaturated/α-hetero) is 1. The van der Waals surface area contributed by atoms with E-state index in [0.717, 1.165) is 67.0 Å². The molecule has 2 atom stereocenters. The minimum absolute atomic E-state index is 0.0347. The zero-order valence-electron chi connectivity index (χ0n) is 23.6. The molecule has 0 aromatic heterocycles. The van der Waals surface area contributed by atoms with Gasteiger partial charge in [-0.3, -0.25) is 9.59 Å². The zero-order valence-corrected chi connectivity index (χ0v) is 23.6. The Kier molecular flexibility index (Phi) is 8.19. The highest BCUT2D eigenvalue weighted by molar-refractivity contribution is 6.01. The average molecular weight is 583 g/mol. The molecule has 0 spiro atoms. The fourth-order valence-corrected chi connectivity index (χ4v) is 6.42. The van der Waals surface area contributed by atoms with Gasteiger partial charge in [0.15, 0.2) is 0 Å². The summed E-state index contributed by atoms with van der Waals surface area (Å²) in [5, 5.41) is 9.37. The first-order valence-corrected chi connectivity index (χ1v) is 14.3. The first-order chi connectivity index (χ1) is 19.8. The molecule has 3 aromatic carbocycles. The van der Waals surface area contributed by atoms with E-state index in [1.54, 1.807) is 12.1 Å². The number of hydrogen-bond acceptors (Lipinski definition) is 3. The number of ketones is 1. The van der Waals surface area contributed by atoms with Crippen LogP contribution in [0, 0.1) is 17.2 Å². The van der Waals surface area contributed by atoms with Gasteiger partial charge >= 0.3 is 12.1 Å². The van der Waals surface area contributed by atoms with Gasteiger partial charge in [0, 0.05) is 11.1 Å². The lowest BCUT2D eigenvalue weighted by atomic mass is 9.75. The molecule has 2 fully saturated rings. The highest BCUT2D eigenvalue weighted by atomic mass is 19.4. The predicted octanol–water partition coefficient (Wildman–Crippen LogP) is 9.08. The first kappa shape index (κ1) is 29.8. The van der Waals surface area contributed by atoms with E-state index in [1.165, 1.54) is 0 Å². The molecule has 42 heavy (non-hydrogen) atoms. The van der Waals surface area contributed by atoms with Crippen molar-refractivity contribution in [2.75, 3.05) is 0 Å². The molecule has 0 aliphatic heterocycles. The van der Waals surface area contributed by atoms with E-state index < -0.39 is 29.3 Å². The van der Waals surface area contributed by atoms with Crippen LogP contribution in [0.15, 0.2) is 60.7 Å². The Hall–Kier alpha value is -3.68. The lowest BCUT2D eigenvalue weighted by Gasteiger charge is -2.30. The van der Waals surface area contributed by atoms with Crippen molar-refractivity contribution in [3.05, 3.63) is 88.7 Å². The fraction of sp³-hybridized carbons (Fsp3) is 0.412. The summed E-state index contributed by atoms with van der Waals surface area (Å²) in [5.74, 6) is -2.58. The molecule has 5 rings (SSSR count). The molecule has 0 heterocycles. The number of carboxylic acids is 1. The predicted molar refractivity (Wildman–Crippen MR) is 151 cm³/mol. The van der Waals surface area contributed by atoms with Gasteiger partial charge in [0.25, 0.3) is 5.78 Å². The number of carbonyl (C=O) groups excluding carboxylic acids is 1. The second-order valence-electron chi connectivity index (χ2n) is 12.3. The van der Waals surface area contributed by atoms with Crippen LogP contribution < -0.4 is 4.74 Å². The van der Waals surface area contributed by atoms with Crippen molar-refractivity contribution >= 4 is 11.8 Å². The largest absolute Gasteiger partial charge is 0.489 e. The van der Waals surface area contributed by atoms with Crippen LogP contribution in [0.5, 0.6) is 5.75 Å². The van der Waals surface area contributed by atoms with Crippen molar-refractivity contribution in [1.29, 1.82) is 0 Å². The molecule has 2 saturated carbocycles. The van der Waals surface area contributed by atoms with Crippen molar-refractivity contribution in [3.63, 3.8) is 0 Å². The number of carboxylic acid groups (broad SMARTS) is 1. The highest BCUT2D eigenvalue weighted by Gasteiger charge is 2.40. The van der Waals surface area contributed by atoms with Gasteiger partial charge in [-0.15, -0.1) is 0 Å². The molecule has 0 radical (unpaired) electrons. The summed E-state index contributed by atoms with van der Waals surface area (Å²) in [6, 6.07) is 15.7. The SMILES string of the molecule is CC1(C)CCC[C@@H]1c1cc(COc2cccc([C@@H](CC(=O)O)C3CC3)c2)ccc1-c1cc(C(=O)C(F)(F)F)ccc1F. The van der Waals surface area contributed by atoms with Gasteiger partial charge in [-0.1, -0.05) is 50.6 Å². The maximum atomic E-state index is 15.1. The van der Waals surface area contributed by atoms with Crippen LogP contribution in [0.4, 0.5) is 17.6 Å². The Morgan fingerprint density at radius 2 is 1.76 bits per heavy atom. The van der Waals surface area contributed by atoms with E-state index in [2.05, 4.69) is 13.8 Å². The van der Waals surface area contributed by atoms with Crippen LogP contribution in [0.25, 0.3) is 11.1 Å². The molecular formula is C34H34F4O4. The zero-order chi connectivity index (χ0) is 30.2. The number of ether oxygens (including phenoxy) is 1. The standard InChI is InChI=1S/C34H34F4O4/c1-33(2)14-4-7-29(33)27-15-20(8-12-25(27)28-17-23(11-13-30(28)35)32(41)34(36,37)38)19-42-24-6-3-5-22(16-24)26(18-31(39)40)21-9-10-21/h3,5-6,8,11-13,15-17,21,26,29H,4,7,9-10,14,18-19H2,1-2H3,(H,39,40)/t26-,29+/m0/s1. The average Bonchev–Trinajstić information content (AvgIpc) is 3.72. The number of benzene rings is 3. The van der Waals surface area contributed by atoms with E-state index >= 15 is 4.39 Å². The second-order valence-corrected chi connectivity index (χ2v) is 12.3. The molecule has 0 amide bonds. The summed E-state index contributed by atoms with van der Waals surface area (Å²) >= 11 is 0. The van der Waals surface area contributed by atoms with Gasteiger partial charge in [0.2, 0.25) is 0 Å².